The molecule has 0 saturated carbocycles. The lowest BCUT2D eigenvalue weighted by Crippen LogP contribution is -2.18. The van der Waals surface area contributed by atoms with Gasteiger partial charge in [0.1, 0.15) is 0 Å². The van der Waals surface area contributed by atoms with Crippen molar-refractivity contribution in [1.82, 2.24) is 0 Å². The van der Waals surface area contributed by atoms with Gasteiger partial charge in [-0.25, -0.2) is 0 Å². The minimum atomic E-state index is -0.231. The van der Waals surface area contributed by atoms with Crippen LogP contribution in [-0.4, -0.2) is 11.7 Å². The highest BCUT2D eigenvalue weighted by Crippen LogP contribution is 2.20. The molecule has 126 valence electrons. The second kappa shape index (κ2) is 7.91. The fraction of sp³-hybridized carbons (Fsp3) is 0.333. The van der Waals surface area contributed by atoms with E-state index in [2.05, 4.69) is 31.3 Å². The summed E-state index contributed by atoms with van der Waals surface area (Å²) in [6, 6.07) is 15.2. The van der Waals surface area contributed by atoms with Crippen molar-refractivity contribution in [3.63, 3.8) is 0 Å². The van der Waals surface area contributed by atoms with Crippen LogP contribution in [0.2, 0.25) is 0 Å². The van der Waals surface area contributed by atoms with Crippen LogP contribution in [0.1, 0.15) is 55.1 Å². The van der Waals surface area contributed by atoms with Crippen molar-refractivity contribution in [1.29, 1.82) is 0 Å². The monoisotopic (exact) mass is 323 g/mol. The zero-order chi connectivity index (χ0) is 17.7. The summed E-state index contributed by atoms with van der Waals surface area (Å²) in [4.78, 5) is 23.7. The van der Waals surface area contributed by atoms with E-state index in [0.29, 0.717) is 17.2 Å². The number of hydrogen-bond donors (Lipinski definition) is 1. The van der Waals surface area contributed by atoms with Crippen LogP contribution >= 0.6 is 0 Å². The fourth-order valence-electron chi connectivity index (χ4n) is 2.60. The number of carbonyl (C=O) groups excluding carboxylic acids is 2. The number of nitrogens with one attached hydrogen (secondary N) is 1. The summed E-state index contributed by atoms with van der Waals surface area (Å²) in [6.07, 6.45) is 1.04. The Bertz CT molecular complexity index is 700. The molecule has 0 saturated heterocycles. The Hall–Kier alpha value is -2.42. The topological polar surface area (TPSA) is 46.2 Å². The Morgan fingerprint density at radius 3 is 2.00 bits per heavy atom. The van der Waals surface area contributed by atoms with Crippen LogP contribution in [-0.2, 0) is 11.2 Å². The quantitative estimate of drug-likeness (QED) is 0.774. The predicted molar refractivity (Wildman–Crippen MR) is 98.5 cm³/mol. The van der Waals surface area contributed by atoms with E-state index < -0.39 is 0 Å². The van der Waals surface area contributed by atoms with Gasteiger partial charge in [0.05, 0.1) is 5.92 Å². The van der Waals surface area contributed by atoms with Gasteiger partial charge in [0.25, 0.3) is 0 Å². The summed E-state index contributed by atoms with van der Waals surface area (Å²) in [5.74, 6) is 0.352. The normalized spacial score (nSPS) is 12.0. The van der Waals surface area contributed by atoms with Gasteiger partial charge in [-0.2, -0.15) is 0 Å². The highest BCUT2D eigenvalue weighted by Gasteiger charge is 2.15. The molecule has 0 aliphatic heterocycles. The molecule has 1 atom stereocenters. The molecule has 24 heavy (non-hydrogen) atoms. The molecule has 0 aliphatic rings. The summed E-state index contributed by atoms with van der Waals surface area (Å²) >= 11 is 0. The molecule has 0 radical (unpaired) electrons. The molecular weight excluding hydrogens is 298 g/mol. The van der Waals surface area contributed by atoms with E-state index in [9.17, 15) is 9.59 Å². The van der Waals surface area contributed by atoms with Gasteiger partial charge in [-0.05, 0) is 61.6 Å². The predicted octanol–water partition coefficient (Wildman–Crippen LogP) is 4.83. The third-order valence-corrected chi connectivity index (χ3v) is 4.08. The number of rotatable bonds is 6. The van der Waals surface area contributed by atoms with Crippen molar-refractivity contribution in [3.05, 3.63) is 65.2 Å². The number of benzene rings is 2. The van der Waals surface area contributed by atoms with Crippen LogP contribution in [0.5, 0.6) is 0 Å². The van der Waals surface area contributed by atoms with Gasteiger partial charge in [-0.15, -0.1) is 0 Å². The average Bonchev–Trinajstić information content (AvgIpc) is 2.54. The Morgan fingerprint density at radius 1 is 0.917 bits per heavy atom. The van der Waals surface area contributed by atoms with Gasteiger partial charge in [-0.3, -0.25) is 9.59 Å². The van der Waals surface area contributed by atoms with Gasteiger partial charge >= 0.3 is 0 Å². The van der Waals surface area contributed by atoms with E-state index in [1.54, 1.807) is 24.3 Å². The van der Waals surface area contributed by atoms with Crippen molar-refractivity contribution in [2.45, 2.75) is 40.0 Å². The summed E-state index contributed by atoms with van der Waals surface area (Å²) < 4.78 is 0. The van der Waals surface area contributed by atoms with E-state index in [0.717, 1.165) is 12.0 Å². The maximum atomic E-state index is 12.4. The lowest BCUT2D eigenvalue weighted by atomic mass is 9.96. The van der Waals surface area contributed by atoms with E-state index in [1.165, 1.54) is 12.5 Å². The average molecular weight is 323 g/mol. The molecule has 0 bridgehead atoms. The van der Waals surface area contributed by atoms with Gasteiger partial charge in [0.15, 0.2) is 5.78 Å². The molecule has 2 aromatic rings. The first kappa shape index (κ1) is 17.9. The minimum absolute atomic E-state index is 0.0164. The molecule has 1 amide bonds. The number of hydrogen-bond acceptors (Lipinski definition) is 2. The standard InChI is InChI=1S/C21H25NO2/c1-14(2)13-17-5-7-18(8-6-17)15(3)21(24)22-20-11-9-19(10-12-20)16(4)23/h5-12,14-15H,13H2,1-4H3,(H,22,24). The Balaban J connectivity index is 2.02. The smallest absolute Gasteiger partial charge is 0.231 e. The van der Waals surface area contributed by atoms with E-state index in [1.807, 2.05) is 19.1 Å². The van der Waals surface area contributed by atoms with E-state index in [4.69, 9.17) is 0 Å². The molecule has 2 aromatic carbocycles. The van der Waals surface area contributed by atoms with Crippen LogP contribution in [0, 0.1) is 5.92 Å². The van der Waals surface area contributed by atoms with Crippen molar-refractivity contribution in [3.8, 4) is 0 Å². The molecule has 0 aliphatic carbocycles. The van der Waals surface area contributed by atoms with Crippen LogP contribution in [0.25, 0.3) is 0 Å². The molecule has 3 nitrogen and oxygen atoms in total. The summed E-state index contributed by atoms with van der Waals surface area (Å²) in [6.45, 7) is 7.82. The Kier molecular flexibility index (Phi) is 5.91. The molecular formula is C21H25NO2. The second-order valence-corrected chi connectivity index (χ2v) is 6.68. The zero-order valence-electron chi connectivity index (χ0n) is 14.8. The SMILES string of the molecule is CC(=O)c1ccc(NC(=O)C(C)c2ccc(CC(C)C)cc2)cc1. The summed E-state index contributed by atoms with van der Waals surface area (Å²) in [7, 11) is 0. The number of carbonyl (C=O) groups is 2. The number of amides is 1. The van der Waals surface area contributed by atoms with Crippen LogP contribution in [0.15, 0.2) is 48.5 Å². The van der Waals surface area contributed by atoms with Gasteiger partial charge in [-0.1, -0.05) is 38.1 Å². The van der Waals surface area contributed by atoms with Crippen molar-refractivity contribution in [2.75, 3.05) is 5.32 Å². The van der Waals surface area contributed by atoms with Crippen molar-refractivity contribution < 1.29 is 9.59 Å². The highest BCUT2D eigenvalue weighted by atomic mass is 16.1. The second-order valence-electron chi connectivity index (χ2n) is 6.68. The van der Waals surface area contributed by atoms with Gasteiger partial charge < -0.3 is 5.32 Å². The number of ketones is 1. The molecule has 1 N–H and O–H groups in total. The van der Waals surface area contributed by atoms with Crippen molar-refractivity contribution in [2.24, 2.45) is 5.92 Å². The van der Waals surface area contributed by atoms with Crippen LogP contribution < -0.4 is 5.32 Å². The minimum Gasteiger partial charge on any atom is -0.326 e. The van der Waals surface area contributed by atoms with Crippen LogP contribution in [0.3, 0.4) is 0 Å². The van der Waals surface area contributed by atoms with Gasteiger partial charge in [0.2, 0.25) is 5.91 Å². The molecule has 0 fully saturated rings. The third-order valence-electron chi connectivity index (χ3n) is 4.08. The van der Waals surface area contributed by atoms with E-state index >= 15 is 0 Å². The maximum Gasteiger partial charge on any atom is 0.231 e. The first-order chi connectivity index (χ1) is 11.4. The first-order valence-electron chi connectivity index (χ1n) is 8.37. The number of Topliss-reactive ketones (excluding diaryl/α,β-unsaturated/α-hetero) is 1. The summed E-state index contributed by atoms with van der Waals surface area (Å²) in [5.41, 5.74) is 3.64. The lowest BCUT2D eigenvalue weighted by Gasteiger charge is -2.14. The fourth-order valence-corrected chi connectivity index (χ4v) is 2.60. The highest BCUT2D eigenvalue weighted by molar-refractivity contribution is 5.97. The molecule has 1 unspecified atom stereocenters. The number of anilines is 1. The maximum absolute atomic E-state index is 12.4. The molecule has 2 rings (SSSR count). The molecule has 0 heterocycles. The zero-order valence-corrected chi connectivity index (χ0v) is 14.8. The van der Waals surface area contributed by atoms with Crippen molar-refractivity contribution >= 4 is 17.4 Å². The third kappa shape index (κ3) is 4.79. The Labute approximate surface area is 144 Å². The van der Waals surface area contributed by atoms with Crippen LogP contribution in [0.4, 0.5) is 5.69 Å². The molecule has 0 spiro atoms. The lowest BCUT2D eigenvalue weighted by molar-refractivity contribution is -0.117. The van der Waals surface area contributed by atoms with E-state index in [-0.39, 0.29) is 17.6 Å². The molecule has 3 heteroatoms. The van der Waals surface area contributed by atoms with Gasteiger partial charge in [0, 0.05) is 11.3 Å². The Morgan fingerprint density at radius 2 is 1.50 bits per heavy atom. The first-order valence-corrected chi connectivity index (χ1v) is 8.37. The molecule has 0 aromatic heterocycles. The summed E-state index contributed by atoms with van der Waals surface area (Å²) in [5, 5.41) is 2.90. The largest absolute Gasteiger partial charge is 0.326 e.